The van der Waals surface area contributed by atoms with Gasteiger partial charge in [0.25, 0.3) is 0 Å². The second kappa shape index (κ2) is 9.83. The molecule has 2 N–H and O–H groups in total. The van der Waals surface area contributed by atoms with Gasteiger partial charge in [-0.1, -0.05) is 49.6 Å². The molecule has 1 heterocycles. The van der Waals surface area contributed by atoms with Crippen molar-refractivity contribution in [2.75, 3.05) is 35.2 Å². The number of carbonyl (C=O) groups excluding carboxylic acids is 1. The Kier molecular flexibility index (Phi) is 6.92. The van der Waals surface area contributed by atoms with E-state index in [1.807, 2.05) is 59.5 Å². The maximum atomic E-state index is 13.3. The molecular weight excluding hydrogens is 410 g/mol. The molecule has 31 heavy (non-hydrogen) atoms. The van der Waals surface area contributed by atoms with E-state index in [1.54, 1.807) is 0 Å². The van der Waals surface area contributed by atoms with E-state index >= 15 is 0 Å². The summed E-state index contributed by atoms with van der Waals surface area (Å²) < 4.78 is 23.7. The van der Waals surface area contributed by atoms with Crippen molar-refractivity contribution >= 4 is 27.1 Å². The van der Waals surface area contributed by atoms with Gasteiger partial charge in [0.15, 0.2) is 9.84 Å². The fraction of sp³-hybridized carbons (Fsp3) is 0.458. The summed E-state index contributed by atoms with van der Waals surface area (Å²) in [6.07, 6.45) is 6.31. The number of nitrogens with zero attached hydrogens (tertiary/aromatic N) is 1. The minimum atomic E-state index is -3.01. The van der Waals surface area contributed by atoms with Gasteiger partial charge in [-0.15, -0.1) is 0 Å². The highest BCUT2D eigenvalue weighted by Gasteiger charge is 2.32. The summed E-state index contributed by atoms with van der Waals surface area (Å²) in [5.41, 5.74) is 2.69. The number of hydrogen-bond donors (Lipinski definition) is 2. The molecule has 1 aliphatic carbocycles. The lowest BCUT2D eigenvalue weighted by atomic mass is 9.95. The Labute approximate surface area is 185 Å². The number of rotatable bonds is 6. The van der Waals surface area contributed by atoms with Crippen molar-refractivity contribution in [1.82, 2.24) is 4.90 Å². The molecule has 2 fully saturated rings. The van der Waals surface area contributed by atoms with Crippen molar-refractivity contribution in [2.45, 2.75) is 44.2 Å². The molecule has 2 aliphatic rings. The number of carbonyl (C=O) groups is 1. The predicted molar refractivity (Wildman–Crippen MR) is 125 cm³/mol. The van der Waals surface area contributed by atoms with Gasteiger partial charge in [-0.25, -0.2) is 8.42 Å². The van der Waals surface area contributed by atoms with Crippen LogP contribution >= 0.6 is 0 Å². The lowest BCUT2D eigenvalue weighted by Gasteiger charge is -2.33. The maximum Gasteiger partial charge on any atom is 0.246 e. The van der Waals surface area contributed by atoms with Crippen LogP contribution in [0.25, 0.3) is 0 Å². The minimum Gasteiger partial charge on any atom is -0.382 e. The first kappa shape index (κ1) is 21.8. The Balaban J connectivity index is 1.44. The third-order valence-electron chi connectivity index (χ3n) is 6.24. The molecular formula is C24H31N3O3S. The van der Waals surface area contributed by atoms with Crippen molar-refractivity contribution in [2.24, 2.45) is 0 Å². The van der Waals surface area contributed by atoms with Gasteiger partial charge in [0, 0.05) is 30.5 Å². The smallest absolute Gasteiger partial charge is 0.246 e. The van der Waals surface area contributed by atoms with Crippen molar-refractivity contribution < 1.29 is 13.2 Å². The zero-order chi connectivity index (χ0) is 21.7. The summed E-state index contributed by atoms with van der Waals surface area (Å²) in [7, 11) is -3.01. The molecule has 0 radical (unpaired) electrons. The third-order valence-corrected chi connectivity index (χ3v) is 7.85. The SMILES string of the molecule is O=C(Nc1ccc(NC2CCCCC2)cc1)C(c1ccccc1)N1CCS(=O)(=O)CC1. The predicted octanol–water partition coefficient (Wildman–Crippen LogP) is 3.84. The molecule has 2 aromatic carbocycles. The highest BCUT2D eigenvalue weighted by atomic mass is 32.2. The number of sulfone groups is 1. The molecule has 1 saturated heterocycles. The van der Waals surface area contributed by atoms with Crippen LogP contribution in [0.5, 0.6) is 0 Å². The Morgan fingerprint density at radius 3 is 2.13 bits per heavy atom. The second-order valence-corrected chi connectivity index (χ2v) is 10.9. The van der Waals surface area contributed by atoms with Gasteiger partial charge in [0.2, 0.25) is 5.91 Å². The number of amides is 1. The highest BCUT2D eigenvalue weighted by molar-refractivity contribution is 7.91. The lowest BCUT2D eigenvalue weighted by Crippen LogP contribution is -2.46. The van der Waals surface area contributed by atoms with Crippen LogP contribution < -0.4 is 10.6 Å². The van der Waals surface area contributed by atoms with Gasteiger partial charge in [-0.05, 0) is 42.7 Å². The first-order valence-corrected chi connectivity index (χ1v) is 13.0. The van der Waals surface area contributed by atoms with Crippen molar-refractivity contribution in [3.8, 4) is 0 Å². The highest BCUT2D eigenvalue weighted by Crippen LogP contribution is 2.26. The lowest BCUT2D eigenvalue weighted by molar-refractivity contribution is -0.121. The standard InChI is InChI=1S/C24H31N3O3S/c28-24(26-22-13-11-21(12-14-22)25-20-9-5-2-6-10-20)23(19-7-3-1-4-8-19)27-15-17-31(29,30)18-16-27/h1,3-4,7-8,11-14,20,23,25H,2,5-6,9-10,15-18H2,(H,26,28). The fourth-order valence-corrected chi connectivity index (χ4v) is 5.72. The number of benzene rings is 2. The summed E-state index contributed by atoms with van der Waals surface area (Å²) in [6.45, 7) is 0.721. The summed E-state index contributed by atoms with van der Waals surface area (Å²) in [4.78, 5) is 15.2. The van der Waals surface area contributed by atoms with Crippen LogP contribution in [0, 0.1) is 0 Å². The monoisotopic (exact) mass is 441 g/mol. The second-order valence-electron chi connectivity index (χ2n) is 8.55. The van der Waals surface area contributed by atoms with E-state index in [0.29, 0.717) is 19.1 Å². The zero-order valence-electron chi connectivity index (χ0n) is 17.8. The van der Waals surface area contributed by atoms with E-state index in [9.17, 15) is 13.2 Å². The van der Waals surface area contributed by atoms with Gasteiger partial charge in [-0.3, -0.25) is 9.69 Å². The number of anilines is 2. The zero-order valence-corrected chi connectivity index (χ0v) is 18.6. The molecule has 1 atom stereocenters. The van der Waals surface area contributed by atoms with E-state index in [2.05, 4.69) is 10.6 Å². The van der Waals surface area contributed by atoms with Gasteiger partial charge in [0.05, 0.1) is 11.5 Å². The largest absolute Gasteiger partial charge is 0.382 e. The fourth-order valence-electron chi connectivity index (χ4n) is 4.49. The third kappa shape index (κ3) is 5.86. The van der Waals surface area contributed by atoms with Gasteiger partial charge in [-0.2, -0.15) is 0 Å². The van der Waals surface area contributed by atoms with Crippen molar-refractivity contribution in [1.29, 1.82) is 0 Å². The Bertz CT molecular complexity index is 957. The van der Waals surface area contributed by atoms with Crippen LogP contribution in [0.4, 0.5) is 11.4 Å². The summed E-state index contributed by atoms with van der Waals surface area (Å²) in [5, 5.41) is 6.62. The quantitative estimate of drug-likeness (QED) is 0.712. The molecule has 1 amide bonds. The molecule has 4 rings (SSSR count). The number of nitrogens with one attached hydrogen (secondary N) is 2. The normalized spacial score (nSPS) is 20.6. The molecule has 2 aromatic rings. The van der Waals surface area contributed by atoms with E-state index in [1.165, 1.54) is 32.1 Å². The molecule has 1 aliphatic heterocycles. The minimum absolute atomic E-state index is 0.0884. The Morgan fingerprint density at radius 1 is 0.871 bits per heavy atom. The summed E-state index contributed by atoms with van der Waals surface area (Å²) in [5.74, 6) is 0.0366. The molecule has 166 valence electrons. The molecule has 1 saturated carbocycles. The Hall–Kier alpha value is -2.38. The van der Waals surface area contributed by atoms with Crippen LogP contribution in [0.2, 0.25) is 0 Å². The molecule has 0 spiro atoms. The van der Waals surface area contributed by atoms with Crippen LogP contribution in [-0.4, -0.2) is 49.9 Å². The van der Waals surface area contributed by atoms with E-state index < -0.39 is 15.9 Å². The van der Waals surface area contributed by atoms with Gasteiger partial charge in [0.1, 0.15) is 6.04 Å². The van der Waals surface area contributed by atoms with Crippen molar-refractivity contribution in [3.63, 3.8) is 0 Å². The van der Waals surface area contributed by atoms with Crippen LogP contribution in [-0.2, 0) is 14.6 Å². The number of hydrogen-bond acceptors (Lipinski definition) is 5. The van der Waals surface area contributed by atoms with E-state index in [0.717, 1.165) is 16.9 Å². The molecule has 0 bridgehead atoms. The Morgan fingerprint density at radius 2 is 1.48 bits per heavy atom. The van der Waals surface area contributed by atoms with E-state index in [4.69, 9.17) is 0 Å². The van der Waals surface area contributed by atoms with Gasteiger partial charge < -0.3 is 10.6 Å². The topological polar surface area (TPSA) is 78.5 Å². The van der Waals surface area contributed by atoms with E-state index in [-0.39, 0.29) is 17.4 Å². The molecule has 0 aromatic heterocycles. The van der Waals surface area contributed by atoms with Crippen LogP contribution in [0.3, 0.4) is 0 Å². The average Bonchev–Trinajstić information content (AvgIpc) is 2.78. The first-order chi connectivity index (χ1) is 15.0. The van der Waals surface area contributed by atoms with Crippen molar-refractivity contribution in [3.05, 3.63) is 60.2 Å². The van der Waals surface area contributed by atoms with Crippen LogP contribution in [0.15, 0.2) is 54.6 Å². The summed E-state index contributed by atoms with van der Waals surface area (Å²) >= 11 is 0. The van der Waals surface area contributed by atoms with Crippen LogP contribution in [0.1, 0.15) is 43.7 Å². The first-order valence-electron chi connectivity index (χ1n) is 11.2. The summed E-state index contributed by atoms with van der Waals surface area (Å²) in [6, 6.07) is 17.4. The average molecular weight is 442 g/mol. The maximum absolute atomic E-state index is 13.3. The van der Waals surface area contributed by atoms with Gasteiger partial charge >= 0.3 is 0 Å². The molecule has 7 heteroatoms. The molecule has 1 unspecified atom stereocenters. The molecule has 6 nitrogen and oxygen atoms in total.